The summed E-state index contributed by atoms with van der Waals surface area (Å²) in [5, 5.41) is 0. The van der Waals surface area contributed by atoms with Crippen LogP contribution in [0.4, 0.5) is 0 Å². The van der Waals surface area contributed by atoms with Gasteiger partial charge < -0.3 is 4.42 Å². The SMILES string of the molecule is Cc1ccc(C2=Cc3ccccc3[CH]2)o1. The molecule has 1 aliphatic rings. The van der Waals surface area contributed by atoms with E-state index in [1.165, 1.54) is 11.1 Å². The van der Waals surface area contributed by atoms with E-state index in [0.29, 0.717) is 0 Å². The van der Waals surface area contributed by atoms with Crippen LogP contribution >= 0.6 is 0 Å². The van der Waals surface area contributed by atoms with E-state index in [4.69, 9.17) is 4.42 Å². The summed E-state index contributed by atoms with van der Waals surface area (Å²) in [5.41, 5.74) is 3.69. The minimum absolute atomic E-state index is 0.948. The van der Waals surface area contributed by atoms with Gasteiger partial charge in [0.25, 0.3) is 0 Å². The summed E-state index contributed by atoms with van der Waals surface area (Å²) in [5.74, 6) is 1.90. The fraction of sp³-hybridized carbons (Fsp3) is 0.0714. The van der Waals surface area contributed by atoms with Crippen LogP contribution in [0, 0.1) is 13.3 Å². The second-order valence-corrected chi connectivity index (χ2v) is 3.78. The third-order valence-electron chi connectivity index (χ3n) is 2.64. The zero-order valence-corrected chi connectivity index (χ0v) is 8.53. The van der Waals surface area contributed by atoms with Gasteiger partial charge in [-0.1, -0.05) is 24.3 Å². The van der Waals surface area contributed by atoms with Crippen molar-refractivity contribution in [3.8, 4) is 0 Å². The van der Waals surface area contributed by atoms with Crippen molar-refractivity contribution in [2.45, 2.75) is 6.92 Å². The van der Waals surface area contributed by atoms with E-state index in [9.17, 15) is 0 Å². The van der Waals surface area contributed by atoms with Gasteiger partial charge in [0, 0.05) is 12.0 Å². The van der Waals surface area contributed by atoms with Gasteiger partial charge in [0.15, 0.2) is 0 Å². The molecule has 1 aromatic carbocycles. The molecule has 1 heteroatoms. The van der Waals surface area contributed by atoms with Gasteiger partial charge in [-0.3, -0.25) is 0 Å². The highest BCUT2D eigenvalue weighted by Gasteiger charge is 2.15. The number of benzene rings is 1. The van der Waals surface area contributed by atoms with E-state index in [1.807, 2.05) is 19.1 Å². The van der Waals surface area contributed by atoms with E-state index in [2.05, 4.69) is 36.8 Å². The first-order valence-corrected chi connectivity index (χ1v) is 5.05. The van der Waals surface area contributed by atoms with E-state index in [0.717, 1.165) is 17.1 Å². The molecule has 0 atom stereocenters. The third kappa shape index (κ3) is 1.40. The molecule has 1 aromatic heterocycles. The van der Waals surface area contributed by atoms with Gasteiger partial charge in [-0.05, 0) is 36.3 Å². The fourth-order valence-corrected chi connectivity index (χ4v) is 1.88. The molecule has 0 N–H and O–H groups in total. The first kappa shape index (κ1) is 8.54. The summed E-state index contributed by atoms with van der Waals surface area (Å²) in [4.78, 5) is 0. The second-order valence-electron chi connectivity index (χ2n) is 3.78. The van der Waals surface area contributed by atoms with Crippen LogP contribution in [0.5, 0.6) is 0 Å². The number of aryl methyl sites for hydroxylation is 1. The average Bonchev–Trinajstić information content (AvgIpc) is 2.82. The Hall–Kier alpha value is -1.76. The van der Waals surface area contributed by atoms with Crippen molar-refractivity contribution in [2.24, 2.45) is 0 Å². The lowest BCUT2D eigenvalue weighted by molar-refractivity contribution is 0.522. The molecule has 0 amide bonds. The van der Waals surface area contributed by atoms with Crippen LogP contribution in [0.2, 0.25) is 0 Å². The second kappa shape index (κ2) is 3.13. The summed E-state index contributed by atoms with van der Waals surface area (Å²) >= 11 is 0. The van der Waals surface area contributed by atoms with Gasteiger partial charge in [0.05, 0.1) is 0 Å². The quantitative estimate of drug-likeness (QED) is 0.676. The van der Waals surface area contributed by atoms with Crippen molar-refractivity contribution >= 4 is 11.6 Å². The minimum Gasteiger partial charge on any atom is -0.462 e. The number of rotatable bonds is 1. The highest BCUT2D eigenvalue weighted by Crippen LogP contribution is 2.33. The van der Waals surface area contributed by atoms with E-state index < -0.39 is 0 Å². The van der Waals surface area contributed by atoms with E-state index in [1.54, 1.807) is 0 Å². The molecular weight excluding hydrogens is 184 g/mol. The molecule has 0 saturated carbocycles. The maximum Gasteiger partial charge on any atom is 0.130 e. The van der Waals surface area contributed by atoms with Crippen molar-refractivity contribution in [1.82, 2.24) is 0 Å². The summed E-state index contributed by atoms with van der Waals surface area (Å²) in [6.07, 6.45) is 4.32. The van der Waals surface area contributed by atoms with Gasteiger partial charge in [-0.2, -0.15) is 0 Å². The summed E-state index contributed by atoms with van der Waals surface area (Å²) in [6, 6.07) is 12.4. The van der Waals surface area contributed by atoms with Gasteiger partial charge in [0.2, 0.25) is 0 Å². The Labute approximate surface area is 89.0 Å². The number of hydrogen-bond donors (Lipinski definition) is 0. The average molecular weight is 195 g/mol. The molecule has 73 valence electrons. The Morgan fingerprint density at radius 3 is 2.40 bits per heavy atom. The van der Waals surface area contributed by atoms with Gasteiger partial charge >= 0.3 is 0 Å². The normalized spacial score (nSPS) is 13.8. The Balaban J connectivity index is 2.01. The molecule has 15 heavy (non-hydrogen) atoms. The molecule has 0 unspecified atom stereocenters. The summed E-state index contributed by atoms with van der Waals surface area (Å²) < 4.78 is 5.60. The highest BCUT2D eigenvalue weighted by atomic mass is 16.3. The smallest absolute Gasteiger partial charge is 0.130 e. The Kier molecular flexibility index (Phi) is 1.78. The van der Waals surface area contributed by atoms with E-state index >= 15 is 0 Å². The van der Waals surface area contributed by atoms with Crippen molar-refractivity contribution in [3.05, 3.63) is 65.5 Å². The van der Waals surface area contributed by atoms with Crippen LogP contribution in [-0.2, 0) is 0 Å². The standard InChI is InChI=1S/C14H11O/c1-10-6-7-14(15-10)13-8-11-4-2-3-5-12(11)9-13/h2-9H,1H3. The molecule has 1 nitrogen and oxygen atoms in total. The molecule has 1 heterocycles. The Morgan fingerprint density at radius 2 is 1.73 bits per heavy atom. The zero-order chi connectivity index (χ0) is 10.3. The largest absolute Gasteiger partial charge is 0.462 e. The van der Waals surface area contributed by atoms with Crippen LogP contribution in [-0.4, -0.2) is 0 Å². The number of hydrogen-bond acceptors (Lipinski definition) is 1. The molecule has 2 aromatic rings. The van der Waals surface area contributed by atoms with Crippen LogP contribution in [0.15, 0.2) is 40.8 Å². The predicted octanol–water partition coefficient (Wildman–Crippen LogP) is 3.69. The molecule has 0 bridgehead atoms. The molecule has 0 spiro atoms. The van der Waals surface area contributed by atoms with Crippen LogP contribution < -0.4 is 0 Å². The lowest BCUT2D eigenvalue weighted by Crippen LogP contribution is -1.79. The van der Waals surface area contributed by atoms with Gasteiger partial charge in [-0.15, -0.1) is 0 Å². The Morgan fingerprint density at radius 1 is 0.933 bits per heavy atom. The highest BCUT2D eigenvalue weighted by molar-refractivity contribution is 5.93. The van der Waals surface area contributed by atoms with Crippen LogP contribution in [0.25, 0.3) is 11.6 Å². The predicted molar refractivity (Wildman–Crippen MR) is 61.2 cm³/mol. The first-order valence-electron chi connectivity index (χ1n) is 5.05. The van der Waals surface area contributed by atoms with Gasteiger partial charge in [-0.25, -0.2) is 0 Å². The molecule has 0 aliphatic heterocycles. The van der Waals surface area contributed by atoms with Crippen molar-refractivity contribution < 1.29 is 4.42 Å². The minimum atomic E-state index is 0.948. The van der Waals surface area contributed by atoms with Crippen molar-refractivity contribution in [2.75, 3.05) is 0 Å². The molecular formula is C14H11O. The van der Waals surface area contributed by atoms with Crippen LogP contribution in [0.1, 0.15) is 22.6 Å². The topological polar surface area (TPSA) is 13.1 Å². The zero-order valence-electron chi connectivity index (χ0n) is 8.53. The van der Waals surface area contributed by atoms with E-state index in [-0.39, 0.29) is 0 Å². The molecule has 1 aliphatic carbocycles. The Bertz CT molecular complexity index is 532. The number of fused-ring (bicyclic) bond motifs is 1. The van der Waals surface area contributed by atoms with Crippen molar-refractivity contribution in [1.29, 1.82) is 0 Å². The van der Waals surface area contributed by atoms with Crippen molar-refractivity contribution in [3.63, 3.8) is 0 Å². The van der Waals surface area contributed by atoms with Crippen LogP contribution in [0.3, 0.4) is 0 Å². The third-order valence-corrected chi connectivity index (χ3v) is 2.64. The monoisotopic (exact) mass is 195 g/mol. The molecule has 0 saturated heterocycles. The molecule has 0 fully saturated rings. The maximum atomic E-state index is 5.60. The lowest BCUT2D eigenvalue weighted by Gasteiger charge is -1.96. The molecule has 3 rings (SSSR count). The number of furan rings is 1. The fourth-order valence-electron chi connectivity index (χ4n) is 1.88. The first-order chi connectivity index (χ1) is 7.33. The summed E-state index contributed by atoms with van der Waals surface area (Å²) in [7, 11) is 0. The maximum absolute atomic E-state index is 5.60. The number of allylic oxidation sites excluding steroid dienone is 1. The lowest BCUT2D eigenvalue weighted by atomic mass is 10.1. The van der Waals surface area contributed by atoms with Gasteiger partial charge in [0.1, 0.15) is 11.5 Å². The summed E-state index contributed by atoms with van der Waals surface area (Å²) in [6.45, 7) is 1.96. The molecule has 1 radical (unpaired) electrons.